The molecule has 10 heteroatoms. The fraction of sp³-hybridized carbons (Fsp3) is 0.364. The second kappa shape index (κ2) is 9.35. The zero-order valence-electron chi connectivity index (χ0n) is 17.6. The molecule has 1 fully saturated rings. The van der Waals surface area contributed by atoms with Crippen molar-refractivity contribution < 1.29 is 13.2 Å². The number of halogens is 1. The van der Waals surface area contributed by atoms with E-state index in [2.05, 4.69) is 5.32 Å². The summed E-state index contributed by atoms with van der Waals surface area (Å²) < 4.78 is 29.7. The van der Waals surface area contributed by atoms with Crippen molar-refractivity contribution in [1.82, 2.24) is 8.87 Å². The minimum absolute atomic E-state index is 0.0289. The highest BCUT2D eigenvalue weighted by Crippen LogP contribution is 2.26. The molecule has 1 saturated heterocycles. The lowest BCUT2D eigenvalue weighted by molar-refractivity contribution is -0.120. The molecule has 32 heavy (non-hydrogen) atoms. The molecule has 2 aromatic carbocycles. The molecule has 0 saturated carbocycles. The van der Waals surface area contributed by atoms with Crippen LogP contribution in [0.4, 0.5) is 5.69 Å². The fourth-order valence-corrected chi connectivity index (χ4v) is 6.83. The largest absolute Gasteiger partial charge is 0.326 e. The molecule has 1 aromatic heterocycles. The number of aromatic nitrogens is 1. The number of benzene rings is 2. The van der Waals surface area contributed by atoms with Crippen LogP contribution >= 0.6 is 22.9 Å². The third-order valence-corrected chi connectivity index (χ3v) is 8.63. The lowest BCUT2D eigenvalue weighted by Crippen LogP contribution is -2.44. The van der Waals surface area contributed by atoms with Gasteiger partial charge >= 0.3 is 4.87 Å². The highest BCUT2D eigenvalue weighted by Gasteiger charge is 2.32. The standard InChI is InChI=1S/C22H24ClN3O4S2/c1-2-26-19-9-8-18(12-20(19)31-22(26)28)24-21(27)16-6-4-10-25(13-16)32(29,30)14-15-5-3-7-17(23)11-15/h3,5,7-9,11-12,16H,2,4,6,10,13-14H2,1H3,(H,24,27)/t16-/m1/s1. The van der Waals surface area contributed by atoms with Gasteiger partial charge in [-0.3, -0.25) is 14.2 Å². The van der Waals surface area contributed by atoms with Crippen molar-refractivity contribution in [3.63, 3.8) is 0 Å². The van der Waals surface area contributed by atoms with E-state index in [-0.39, 0.29) is 23.1 Å². The molecule has 0 radical (unpaired) electrons. The van der Waals surface area contributed by atoms with Gasteiger partial charge in [-0.25, -0.2) is 12.7 Å². The summed E-state index contributed by atoms with van der Waals surface area (Å²) in [6.07, 6.45) is 1.24. The molecule has 4 rings (SSSR count). The number of hydrogen-bond acceptors (Lipinski definition) is 5. The average molecular weight is 494 g/mol. The third-order valence-electron chi connectivity index (χ3n) is 5.64. The summed E-state index contributed by atoms with van der Waals surface area (Å²) in [4.78, 5) is 24.9. The number of amides is 1. The zero-order chi connectivity index (χ0) is 22.9. The number of thiazole rings is 1. The molecule has 1 atom stereocenters. The molecule has 0 bridgehead atoms. The summed E-state index contributed by atoms with van der Waals surface area (Å²) in [5.74, 6) is -0.798. The van der Waals surface area contributed by atoms with Crippen molar-refractivity contribution in [3.05, 3.63) is 62.7 Å². The third kappa shape index (κ3) is 4.91. The Labute approximate surface area is 195 Å². The number of carbonyl (C=O) groups is 1. The Hall–Kier alpha value is -2.20. The van der Waals surface area contributed by atoms with E-state index >= 15 is 0 Å². The second-order valence-electron chi connectivity index (χ2n) is 7.87. The number of sulfonamides is 1. The van der Waals surface area contributed by atoms with Crippen LogP contribution in [0.25, 0.3) is 10.2 Å². The Morgan fingerprint density at radius 3 is 2.81 bits per heavy atom. The Kier molecular flexibility index (Phi) is 6.71. The quantitative estimate of drug-likeness (QED) is 0.563. The fourth-order valence-electron chi connectivity index (χ4n) is 4.03. The molecule has 170 valence electrons. The maximum absolute atomic E-state index is 12.9. The van der Waals surface area contributed by atoms with Gasteiger partial charge in [0.15, 0.2) is 0 Å². The highest BCUT2D eigenvalue weighted by atomic mass is 35.5. The molecule has 0 aliphatic carbocycles. The maximum atomic E-state index is 12.9. The van der Waals surface area contributed by atoms with Crippen molar-refractivity contribution >= 4 is 54.8 Å². The van der Waals surface area contributed by atoms with E-state index in [1.54, 1.807) is 41.0 Å². The van der Waals surface area contributed by atoms with Gasteiger partial charge in [0.2, 0.25) is 15.9 Å². The number of carbonyl (C=O) groups excluding carboxylic acids is 1. The first kappa shape index (κ1) is 23.0. The topological polar surface area (TPSA) is 88.5 Å². The highest BCUT2D eigenvalue weighted by molar-refractivity contribution is 7.88. The summed E-state index contributed by atoms with van der Waals surface area (Å²) in [7, 11) is -3.57. The Bertz CT molecular complexity index is 1320. The Morgan fingerprint density at radius 2 is 2.06 bits per heavy atom. The molecule has 1 aliphatic rings. The number of aryl methyl sites for hydroxylation is 1. The number of hydrogen-bond donors (Lipinski definition) is 1. The van der Waals surface area contributed by atoms with Crippen molar-refractivity contribution in [2.24, 2.45) is 5.92 Å². The van der Waals surface area contributed by atoms with E-state index in [1.165, 1.54) is 4.31 Å². The minimum Gasteiger partial charge on any atom is -0.326 e. The van der Waals surface area contributed by atoms with Crippen LogP contribution in [0.15, 0.2) is 47.3 Å². The van der Waals surface area contributed by atoms with Crippen LogP contribution < -0.4 is 10.2 Å². The van der Waals surface area contributed by atoms with E-state index < -0.39 is 15.9 Å². The summed E-state index contributed by atoms with van der Waals surface area (Å²) >= 11 is 7.12. The Balaban J connectivity index is 1.45. The summed E-state index contributed by atoms with van der Waals surface area (Å²) in [6, 6.07) is 12.2. The van der Waals surface area contributed by atoms with Gasteiger partial charge in [0.25, 0.3) is 0 Å². The van der Waals surface area contributed by atoms with Crippen molar-refractivity contribution in [2.75, 3.05) is 18.4 Å². The van der Waals surface area contributed by atoms with Crippen LogP contribution in [0.5, 0.6) is 0 Å². The lowest BCUT2D eigenvalue weighted by Gasteiger charge is -2.31. The number of anilines is 1. The van der Waals surface area contributed by atoms with Crippen LogP contribution in [0.2, 0.25) is 5.02 Å². The van der Waals surface area contributed by atoms with Gasteiger partial charge in [-0.1, -0.05) is 35.1 Å². The van der Waals surface area contributed by atoms with Gasteiger partial charge in [-0.15, -0.1) is 0 Å². The first-order valence-corrected chi connectivity index (χ1v) is 13.2. The van der Waals surface area contributed by atoms with Crippen molar-refractivity contribution in [3.8, 4) is 0 Å². The molecular formula is C22H24ClN3O4S2. The van der Waals surface area contributed by atoms with E-state index in [4.69, 9.17) is 11.6 Å². The predicted octanol–water partition coefficient (Wildman–Crippen LogP) is 3.92. The second-order valence-corrected chi connectivity index (χ2v) is 11.3. The minimum atomic E-state index is -3.57. The van der Waals surface area contributed by atoms with Gasteiger partial charge in [0.1, 0.15) is 0 Å². The van der Waals surface area contributed by atoms with Crippen molar-refractivity contribution in [1.29, 1.82) is 0 Å². The maximum Gasteiger partial charge on any atom is 0.308 e. The van der Waals surface area contributed by atoms with Gasteiger partial charge < -0.3 is 5.32 Å². The molecule has 1 N–H and O–H groups in total. The van der Waals surface area contributed by atoms with E-state index in [0.717, 1.165) is 21.6 Å². The molecule has 1 amide bonds. The van der Waals surface area contributed by atoms with Gasteiger partial charge in [0, 0.05) is 30.3 Å². The lowest BCUT2D eigenvalue weighted by atomic mass is 9.98. The predicted molar refractivity (Wildman–Crippen MR) is 129 cm³/mol. The van der Waals surface area contributed by atoms with Gasteiger partial charge in [-0.05, 0) is 55.7 Å². The smallest absolute Gasteiger partial charge is 0.308 e. The molecule has 1 aliphatic heterocycles. The van der Waals surface area contributed by atoms with Gasteiger partial charge in [-0.2, -0.15) is 0 Å². The van der Waals surface area contributed by atoms with Crippen LogP contribution in [0.1, 0.15) is 25.3 Å². The number of nitrogens with one attached hydrogen (secondary N) is 1. The van der Waals surface area contributed by atoms with E-state index in [9.17, 15) is 18.0 Å². The molecule has 0 spiro atoms. The molecule has 7 nitrogen and oxygen atoms in total. The molecule has 3 aromatic rings. The first-order valence-electron chi connectivity index (χ1n) is 10.4. The van der Waals surface area contributed by atoms with Crippen LogP contribution in [0, 0.1) is 5.92 Å². The summed E-state index contributed by atoms with van der Waals surface area (Å²) in [5.41, 5.74) is 2.07. The Morgan fingerprint density at radius 1 is 1.25 bits per heavy atom. The van der Waals surface area contributed by atoms with Gasteiger partial charge in [0.05, 0.1) is 21.9 Å². The normalized spacial score (nSPS) is 17.5. The first-order chi connectivity index (χ1) is 15.3. The molecule has 2 heterocycles. The molecular weight excluding hydrogens is 470 g/mol. The van der Waals surface area contributed by atoms with Crippen LogP contribution in [-0.4, -0.2) is 36.3 Å². The average Bonchev–Trinajstić information content (AvgIpc) is 3.07. The van der Waals surface area contributed by atoms with E-state index in [1.807, 2.05) is 13.0 Å². The van der Waals surface area contributed by atoms with Crippen LogP contribution in [-0.2, 0) is 27.1 Å². The number of piperidine rings is 1. The number of nitrogens with zero attached hydrogens (tertiary/aromatic N) is 2. The van der Waals surface area contributed by atoms with Crippen LogP contribution in [0.3, 0.4) is 0 Å². The van der Waals surface area contributed by atoms with Crippen molar-refractivity contribution in [2.45, 2.75) is 32.1 Å². The monoisotopic (exact) mass is 493 g/mol. The summed E-state index contributed by atoms with van der Waals surface area (Å²) in [5, 5.41) is 3.39. The number of rotatable bonds is 6. The number of fused-ring (bicyclic) bond motifs is 1. The van der Waals surface area contributed by atoms with E-state index in [0.29, 0.717) is 42.2 Å². The summed E-state index contributed by atoms with van der Waals surface area (Å²) in [6.45, 7) is 3.05. The molecule has 0 unspecified atom stereocenters. The SMILES string of the molecule is CCn1c(=O)sc2cc(NC(=O)[C@@H]3CCCN(S(=O)(=O)Cc4cccc(Cl)c4)C3)ccc21. The zero-order valence-corrected chi connectivity index (χ0v) is 20.0.